The van der Waals surface area contributed by atoms with Gasteiger partial charge in [-0.05, 0) is 26.2 Å². The summed E-state index contributed by atoms with van der Waals surface area (Å²) in [6.45, 7) is 9.50. The third kappa shape index (κ3) is 8.54. The van der Waals surface area contributed by atoms with Gasteiger partial charge in [0, 0.05) is 6.54 Å². The van der Waals surface area contributed by atoms with Gasteiger partial charge in [0.1, 0.15) is 5.60 Å². The van der Waals surface area contributed by atoms with E-state index in [4.69, 9.17) is 4.74 Å². The Morgan fingerprint density at radius 2 is 1.65 bits per heavy atom. The van der Waals surface area contributed by atoms with E-state index in [1.807, 2.05) is 13.8 Å². The molecule has 0 saturated heterocycles. The predicted molar refractivity (Wildman–Crippen MR) is 64.7 cm³/mol. The lowest BCUT2D eigenvalue weighted by Crippen LogP contribution is -2.38. The Labute approximate surface area is 103 Å². The summed E-state index contributed by atoms with van der Waals surface area (Å²) in [6, 6.07) is 0. The van der Waals surface area contributed by atoms with Gasteiger partial charge < -0.3 is 14.8 Å². The molecule has 0 aliphatic rings. The van der Waals surface area contributed by atoms with Crippen LogP contribution in [-0.2, 0) is 14.3 Å². The monoisotopic (exact) mass is 245 g/mol. The van der Waals surface area contributed by atoms with Crippen LogP contribution in [0.15, 0.2) is 0 Å². The molecular formula is C12H23NO4. The summed E-state index contributed by atoms with van der Waals surface area (Å²) < 4.78 is 9.69. The maximum Gasteiger partial charge on any atom is 0.407 e. The van der Waals surface area contributed by atoms with Crippen molar-refractivity contribution in [3.05, 3.63) is 0 Å². The van der Waals surface area contributed by atoms with E-state index in [9.17, 15) is 9.59 Å². The summed E-state index contributed by atoms with van der Waals surface area (Å²) in [6.07, 6.45) is -0.227. The highest BCUT2D eigenvalue weighted by molar-refractivity contribution is 5.70. The SMILES string of the molecule is COC(=O)CC(C)(C)CNC(=O)OC(C)(C)C. The van der Waals surface area contributed by atoms with Crippen LogP contribution in [0.2, 0.25) is 0 Å². The van der Waals surface area contributed by atoms with Crippen LogP contribution in [0.4, 0.5) is 4.79 Å². The van der Waals surface area contributed by atoms with E-state index in [2.05, 4.69) is 10.1 Å². The standard InChI is InChI=1S/C12H23NO4/c1-11(2,3)17-10(15)13-8-12(4,5)7-9(14)16-6/h7-8H2,1-6H3,(H,13,15). The van der Waals surface area contributed by atoms with Gasteiger partial charge in [0.2, 0.25) is 0 Å². The minimum Gasteiger partial charge on any atom is -0.469 e. The summed E-state index contributed by atoms with van der Waals surface area (Å²) >= 11 is 0. The van der Waals surface area contributed by atoms with Gasteiger partial charge in [0.25, 0.3) is 0 Å². The van der Waals surface area contributed by atoms with Crippen LogP contribution in [0.3, 0.4) is 0 Å². The lowest BCUT2D eigenvalue weighted by atomic mass is 9.89. The molecule has 0 unspecified atom stereocenters. The van der Waals surface area contributed by atoms with Crippen molar-refractivity contribution in [2.45, 2.75) is 46.6 Å². The molecule has 1 N–H and O–H groups in total. The average molecular weight is 245 g/mol. The van der Waals surface area contributed by atoms with E-state index < -0.39 is 11.7 Å². The van der Waals surface area contributed by atoms with Crippen molar-refractivity contribution in [3.63, 3.8) is 0 Å². The number of amides is 1. The molecule has 17 heavy (non-hydrogen) atoms. The van der Waals surface area contributed by atoms with Gasteiger partial charge in [0.05, 0.1) is 13.5 Å². The first-order valence-corrected chi connectivity index (χ1v) is 5.59. The fourth-order valence-corrected chi connectivity index (χ4v) is 1.15. The van der Waals surface area contributed by atoms with Crippen molar-refractivity contribution >= 4 is 12.1 Å². The third-order valence-corrected chi connectivity index (χ3v) is 1.96. The molecule has 0 rings (SSSR count). The highest BCUT2D eigenvalue weighted by atomic mass is 16.6. The summed E-state index contributed by atoms with van der Waals surface area (Å²) in [4.78, 5) is 22.5. The van der Waals surface area contributed by atoms with E-state index in [0.717, 1.165) is 0 Å². The summed E-state index contributed by atoms with van der Waals surface area (Å²) in [5, 5.41) is 2.64. The second kappa shape index (κ2) is 5.89. The van der Waals surface area contributed by atoms with Gasteiger partial charge >= 0.3 is 12.1 Å². The molecule has 5 nitrogen and oxygen atoms in total. The van der Waals surface area contributed by atoms with Crippen molar-refractivity contribution < 1.29 is 19.1 Å². The van der Waals surface area contributed by atoms with Crippen molar-refractivity contribution in [2.24, 2.45) is 5.41 Å². The van der Waals surface area contributed by atoms with Crippen LogP contribution >= 0.6 is 0 Å². The number of alkyl carbamates (subject to hydrolysis) is 1. The number of carbonyl (C=O) groups is 2. The van der Waals surface area contributed by atoms with E-state index >= 15 is 0 Å². The number of hydrogen-bond donors (Lipinski definition) is 1. The van der Waals surface area contributed by atoms with Gasteiger partial charge in [-0.3, -0.25) is 4.79 Å². The highest BCUT2D eigenvalue weighted by Gasteiger charge is 2.24. The average Bonchev–Trinajstić information content (AvgIpc) is 2.11. The molecule has 5 heteroatoms. The van der Waals surface area contributed by atoms with Gasteiger partial charge in [-0.2, -0.15) is 0 Å². The predicted octanol–water partition coefficient (Wildman–Crippen LogP) is 2.10. The molecule has 0 heterocycles. The number of nitrogens with one attached hydrogen (secondary N) is 1. The molecule has 0 aliphatic carbocycles. The van der Waals surface area contributed by atoms with Crippen molar-refractivity contribution in [3.8, 4) is 0 Å². The number of hydrogen-bond acceptors (Lipinski definition) is 4. The summed E-state index contributed by atoms with van der Waals surface area (Å²) in [5.41, 5.74) is -0.874. The summed E-state index contributed by atoms with van der Waals surface area (Å²) in [7, 11) is 1.35. The molecular weight excluding hydrogens is 222 g/mol. The first-order chi connectivity index (χ1) is 7.56. The Hall–Kier alpha value is -1.26. The first-order valence-electron chi connectivity index (χ1n) is 5.59. The van der Waals surface area contributed by atoms with Gasteiger partial charge in [0.15, 0.2) is 0 Å². The highest BCUT2D eigenvalue weighted by Crippen LogP contribution is 2.19. The molecule has 0 spiro atoms. The Kier molecular flexibility index (Phi) is 5.45. The molecule has 0 saturated carbocycles. The van der Waals surface area contributed by atoms with Gasteiger partial charge in [-0.1, -0.05) is 13.8 Å². The summed E-state index contributed by atoms with van der Waals surface area (Å²) in [5.74, 6) is -0.291. The molecule has 0 aliphatic heterocycles. The van der Waals surface area contributed by atoms with E-state index in [-0.39, 0.29) is 17.8 Å². The fraction of sp³-hybridized carbons (Fsp3) is 0.833. The molecule has 0 atom stereocenters. The van der Waals surface area contributed by atoms with Gasteiger partial charge in [-0.25, -0.2) is 4.79 Å². The lowest BCUT2D eigenvalue weighted by Gasteiger charge is -2.25. The lowest BCUT2D eigenvalue weighted by molar-refractivity contribution is -0.142. The molecule has 0 aromatic heterocycles. The Bertz CT molecular complexity index is 279. The second-order valence-electron chi connectivity index (χ2n) is 5.77. The Morgan fingerprint density at radius 1 is 1.12 bits per heavy atom. The number of esters is 1. The largest absolute Gasteiger partial charge is 0.469 e. The smallest absolute Gasteiger partial charge is 0.407 e. The van der Waals surface area contributed by atoms with Crippen LogP contribution in [0.25, 0.3) is 0 Å². The fourth-order valence-electron chi connectivity index (χ4n) is 1.15. The zero-order valence-electron chi connectivity index (χ0n) is 11.5. The van der Waals surface area contributed by atoms with Crippen molar-refractivity contribution in [1.82, 2.24) is 5.32 Å². The maximum atomic E-state index is 11.4. The second-order valence-corrected chi connectivity index (χ2v) is 5.77. The molecule has 0 aromatic rings. The minimum atomic E-state index is -0.517. The van der Waals surface area contributed by atoms with E-state index in [1.165, 1.54) is 7.11 Å². The quantitative estimate of drug-likeness (QED) is 0.770. The normalized spacial score (nSPS) is 11.9. The first kappa shape index (κ1) is 15.7. The molecule has 0 radical (unpaired) electrons. The number of rotatable bonds is 4. The number of carbonyl (C=O) groups excluding carboxylic acids is 2. The van der Waals surface area contributed by atoms with Crippen LogP contribution in [-0.4, -0.2) is 31.3 Å². The Morgan fingerprint density at radius 3 is 2.06 bits per heavy atom. The topological polar surface area (TPSA) is 64.6 Å². The van der Waals surface area contributed by atoms with Crippen molar-refractivity contribution in [2.75, 3.05) is 13.7 Å². The molecule has 1 amide bonds. The van der Waals surface area contributed by atoms with Crippen LogP contribution in [0.1, 0.15) is 41.0 Å². The van der Waals surface area contributed by atoms with Crippen LogP contribution in [0.5, 0.6) is 0 Å². The zero-order chi connectivity index (χ0) is 13.7. The van der Waals surface area contributed by atoms with Crippen molar-refractivity contribution in [1.29, 1.82) is 0 Å². The molecule has 0 bridgehead atoms. The zero-order valence-corrected chi connectivity index (χ0v) is 11.5. The van der Waals surface area contributed by atoms with E-state index in [1.54, 1.807) is 20.8 Å². The molecule has 0 fully saturated rings. The number of methoxy groups -OCH3 is 1. The van der Waals surface area contributed by atoms with Crippen LogP contribution in [0, 0.1) is 5.41 Å². The Balaban J connectivity index is 4.09. The minimum absolute atomic E-state index is 0.249. The molecule has 0 aromatic carbocycles. The van der Waals surface area contributed by atoms with E-state index in [0.29, 0.717) is 6.54 Å². The van der Waals surface area contributed by atoms with Crippen LogP contribution < -0.4 is 5.32 Å². The molecule has 100 valence electrons. The maximum absolute atomic E-state index is 11.4. The third-order valence-electron chi connectivity index (χ3n) is 1.96. The van der Waals surface area contributed by atoms with Gasteiger partial charge in [-0.15, -0.1) is 0 Å². The number of ether oxygens (including phenoxy) is 2.